The molecule has 5 heteroatoms. The van der Waals surface area contributed by atoms with Gasteiger partial charge in [-0.3, -0.25) is 10.1 Å². The highest BCUT2D eigenvalue weighted by molar-refractivity contribution is 8.01. The van der Waals surface area contributed by atoms with E-state index in [0.717, 1.165) is 4.90 Å². The molecule has 0 aromatic heterocycles. The van der Waals surface area contributed by atoms with Crippen LogP contribution in [0.25, 0.3) is 0 Å². The summed E-state index contributed by atoms with van der Waals surface area (Å²) in [6.45, 7) is 8.37. The molecule has 0 saturated heterocycles. The van der Waals surface area contributed by atoms with Crippen LogP contribution in [0, 0.1) is 10.1 Å². The van der Waals surface area contributed by atoms with Gasteiger partial charge in [-0.15, -0.1) is 18.3 Å². The van der Waals surface area contributed by atoms with Gasteiger partial charge in [0.15, 0.2) is 0 Å². The molecule has 3 nitrogen and oxygen atoms in total. The highest BCUT2D eigenvalue weighted by atomic mass is 32.2. The zero-order valence-electron chi connectivity index (χ0n) is 9.42. The summed E-state index contributed by atoms with van der Waals surface area (Å²) in [6.07, 6.45) is 1.98. The summed E-state index contributed by atoms with van der Waals surface area (Å²) in [7, 11) is -0.776. The van der Waals surface area contributed by atoms with Gasteiger partial charge in [0.2, 0.25) is 0 Å². The second kappa shape index (κ2) is 5.86. The third kappa shape index (κ3) is 3.50. The van der Waals surface area contributed by atoms with E-state index in [1.807, 2.05) is 6.08 Å². The van der Waals surface area contributed by atoms with Gasteiger partial charge in [0.25, 0.3) is 5.69 Å². The lowest BCUT2D eigenvalue weighted by molar-refractivity contribution is -0.384. The monoisotopic (exact) mass is 253 g/mol. The van der Waals surface area contributed by atoms with Gasteiger partial charge in [0.1, 0.15) is 0 Å². The normalized spacial score (nSPS) is 12.4. The maximum Gasteiger partial charge on any atom is 0.269 e. The number of hydrogen-bond donors (Lipinski definition) is 0. The van der Waals surface area contributed by atoms with Crippen molar-refractivity contribution in [3.8, 4) is 0 Å². The predicted octanol–water partition coefficient (Wildman–Crippen LogP) is 3.27. The highest BCUT2D eigenvalue weighted by Crippen LogP contribution is 2.27. The van der Waals surface area contributed by atoms with Gasteiger partial charge in [0, 0.05) is 21.9 Å². The first kappa shape index (κ1) is 13.0. The number of non-ortho nitro benzene ring substituents is 1. The molecule has 0 spiro atoms. The number of hydrogen-bond acceptors (Lipinski definition) is 3. The second-order valence-electron chi connectivity index (χ2n) is 3.81. The molecule has 1 aromatic carbocycles. The van der Waals surface area contributed by atoms with Crippen LogP contribution in [-0.2, 0) is 0 Å². The van der Waals surface area contributed by atoms with Crippen LogP contribution in [0.3, 0.4) is 0 Å². The number of thioether (sulfide) groups is 1. The minimum Gasteiger partial charge on any atom is -0.258 e. The lowest BCUT2D eigenvalue weighted by atomic mass is 10.3. The second-order valence-corrected chi connectivity index (χ2v) is 8.75. The van der Waals surface area contributed by atoms with Gasteiger partial charge >= 0.3 is 0 Å². The summed E-state index contributed by atoms with van der Waals surface area (Å²) in [5.41, 5.74) is 0.140. The first-order chi connectivity index (χ1) is 7.54. The van der Waals surface area contributed by atoms with Crippen molar-refractivity contribution >= 4 is 26.2 Å². The molecule has 1 aromatic rings. The summed E-state index contributed by atoms with van der Waals surface area (Å²) in [5, 5.41) is 10.5. The summed E-state index contributed by atoms with van der Waals surface area (Å²) < 4.78 is 0. The average Bonchev–Trinajstić information content (AvgIpc) is 2.26. The smallest absolute Gasteiger partial charge is 0.258 e. The Labute approximate surface area is 101 Å². The van der Waals surface area contributed by atoms with Gasteiger partial charge in [-0.1, -0.05) is 19.2 Å². The van der Waals surface area contributed by atoms with Crippen molar-refractivity contribution in [2.24, 2.45) is 0 Å². The Morgan fingerprint density at radius 1 is 1.44 bits per heavy atom. The third-order valence-corrected chi connectivity index (χ3v) is 6.85. The largest absolute Gasteiger partial charge is 0.269 e. The van der Waals surface area contributed by atoms with Crippen LogP contribution in [0.1, 0.15) is 0 Å². The third-order valence-electron chi connectivity index (χ3n) is 2.21. The minimum absolute atomic E-state index is 0.140. The van der Waals surface area contributed by atoms with Gasteiger partial charge in [0.05, 0.1) is 13.7 Å². The maximum absolute atomic E-state index is 10.5. The van der Waals surface area contributed by atoms with Crippen LogP contribution >= 0.6 is 11.8 Å². The summed E-state index contributed by atoms with van der Waals surface area (Å²) >= 11 is 1.74. The highest BCUT2D eigenvalue weighted by Gasteiger charge is 2.12. The van der Waals surface area contributed by atoms with E-state index in [2.05, 4.69) is 19.7 Å². The SMILES string of the molecule is C=CC(Sc1ccc([N+](=O)[O-])cc1)[SiH](C)C. The molecule has 1 unspecified atom stereocenters. The van der Waals surface area contributed by atoms with Crippen molar-refractivity contribution in [3.05, 3.63) is 47.0 Å². The molecule has 86 valence electrons. The first-order valence-electron chi connectivity index (χ1n) is 5.08. The van der Waals surface area contributed by atoms with E-state index < -0.39 is 8.80 Å². The van der Waals surface area contributed by atoms with Crippen molar-refractivity contribution < 1.29 is 4.92 Å². The Morgan fingerprint density at radius 3 is 2.38 bits per heavy atom. The standard InChI is InChI=1S/C11H15NO2SSi/c1-4-11(16(2)3)15-10-7-5-9(6-8-10)12(13)14/h4-8,11,16H,1H2,2-3H3. The molecule has 0 bridgehead atoms. The Kier molecular flexibility index (Phi) is 4.76. The van der Waals surface area contributed by atoms with Crippen molar-refractivity contribution in [3.63, 3.8) is 0 Å². The molecule has 0 fully saturated rings. The number of nitro benzene ring substituents is 1. The molecule has 0 aliphatic rings. The number of benzene rings is 1. The van der Waals surface area contributed by atoms with E-state index in [1.165, 1.54) is 0 Å². The topological polar surface area (TPSA) is 43.1 Å². The zero-order valence-corrected chi connectivity index (χ0v) is 11.4. The summed E-state index contributed by atoms with van der Waals surface area (Å²) in [4.78, 5) is 11.6. The molecule has 1 atom stereocenters. The Morgan fingerprint density at radius 2 is 2.00 bits per heavy atom. The van der Waals surface area contributed by atoms with E-state index in [0.29, 0.717) is 4.87 Å². The van der Waals surface area contributed by atoms with E-state index >= 15 is 0 Å². The van der Waals surface area contributed by atoms with Gasteiger partial charge in [-0.05, 0) is 12.1 Å². The van der Waals surface area contributed by atoms with Crippen LogP contribution in [0.15, 0.2) is 41.8 Å². The number of nitrogens with zero attached hydrogens (tertiary/aromatic N) is 1. The molecule has 0 aliphatic heterocycles. The van der Waals surface area contributed by atoms with Crippen LogP contribution in [0.5, 0.6) is 0 Å². The van der Waals surface area contributed by atoms with E-state index in [-0.39, 0.29) is 10.6 Å². The number of nitro groups is 1. The molecule has 0 aliphatic carbocycles. The zero-order chi connectivity index (χ0) is 12.1. The molecule has 16 heavy (non-hydrogen) atoms. The summed E-state index contributed by atoms with van der Waals surface area (Å²) in [5.74, 6) is 0. The quantitative estimate of drug-likeness (QED) is 0.266. The van der Waals surface area contributed by atoms with Gasteiger partial charge in [-0.25, -0.2) is 0 Å². The molecule has 0 saturated carbocycles. The number of rotatable bonds is 5. The van der Waals surface area contributed by atoms with Crippen LogP contribution < -0.4 is 0 Å². The summed E-state index contributed by atoms with van der Waals surface area (Å²) in [6, 6.07) is 6.70. The van der Waals surface area contributed by atoms with Crippen LogP contribution in [-0.4, -0.2) is 18.6 Å². The fourth-order valence-electron chi connectivity index (χ4n) is 1.26. The lowest BCUT2D eigenvalue weighted by Gasteiger charge is -2.14. The van der Waals surface area contributed by atoms with Crippen molar-refractivity contribution in [2.75, 3.05) is 0 Å². The van der Waals surface area contributed by atoms with Gasteiger partial charge in [-0.2, -0.15) is 0 Å². The van der Waals surface area contributed by atoms with Crippen molar-refractivity contribution in [1.29, 1.82) is 0 Å². The molecule has 0 heterocycles. The maximum atomic E-state index is 10.5. The molecular formula is C11H15NO2SSi. The predicted molar refractivity (Wildman–Crippen MR) is 71.8 cm³/mol. The first-order valence-corrected chi connectivity index (χ1v) is 8.94. The Balaban J connectivity index is 2.75. The van der Waals surface area contributed by atoms with E-state index in [9.17, 15) is 10.1 Å². The molecule has 1 rings (SSSR count). The molecular weight excluding hydrogens is 238 g/mol. The van der Waals surface area contributed by atoms with Crippen molar-refractivity contribution in [2.45, 2.75) is 22.9 Å². The van der Waals surface area contributed by atoms with Crippen molar-refractivity contribution in [1.82, 2.24) is 0 Å². The average molecular weight is 253 g/mol. The fourth-order valence-corrected chi connectivity index (χ4v) is 4.07. The van der Waals surface area contributed by atoms with Crippen LogP contribution in [0.4, 0.5) is 5.69 Å². The lowest BCUT2D eigenvalue weighted by Crippen LogP contribution is -2.17. The van der Waals surface area contributed by atoms with E-state index in [1.54, 1.807) is 36.0 Å². The minimum atomic E-state index is -0.776. The molecule has 0 N–H and O–H groups in total. The van der Waals surface area contributed by atoms with Crippen LogP contribution in [0.2, 0.25) is 13.1 Å². The van der Waals surface area contributed by atoms with Gasteiger partial charge < -0.3 is 0 Å². The Hall–Kier alpha value is -1.07. The Bertz CT molecular complexity index is 378. The van der Waals surface area contributed by atoms with E-state index in [4.69, 9.17) is 0 Å². The molecule has 0 amide bonds. The fraction of sp³-hybridized carbons (Fsp3) is 0.273. The molecule has 0 radical (unpaired) electrons.